The lowest BCUT2D eigenvalue weighted by Crippen LogP contribution is -2.50. The molecule has 2 amide bonds. The van der Waals surface area contributed by atoms with Gasteiger partial charge in [-0.2, -0.15) is 0 Å². The number of rotatable bonds is 8. The molecule has 0 radical (unpaired) electrons. The van der Waals surface area contributed by atoms with Crippen LogP contribution in [0.5, 0.6) is 0 Å². The van der Waals surface area contributed by atoms with Crippen LogP contribution in [0.4, 0.5) is 0 Å². The highest BCUT2D eigenvalue weighted by atomic mass is 16.2. The van der Waals surface area contributed by atoms with E-state index < -0.39 is 5.92 Å². The molecule has 1 fully saturated rings. The van der Waals surface area contributed by atoms with Gasteiger partial charge in [0.1, 0.15) is 11.6 Å². The van der Waals surface area contributed by atoms with Gasteiger partial charge in [-0.15, -0.1) is 0 Å². The van der Waals surface area contributed by atoms with E-state index in [-0.39, 0.29) is 34.7 Å². The number of hydrogen-bond acceptors (Lipinski definition) is 4. The molecule has 6 nitrogen and oxygen atoms in total. The van der Waals surface area contributed by atoms with Gasteiger partial charge < -0.3 is 10.2 Å². The first-order chi connectivity index (χ1) is 12.1. The Morgan fingerprint density at radius 3 is 2.19 bits per heavy atom. The topological polar surface area (TPSA) is 83.6 Å². The van der Waals surface area contributed by atoms with Crippen molar-refractivity contribution in [3.05, 3.63) is 0 Å². The Kier molecular flexibility index (Phi) is 8.44. The average Bonchev–Trinajstić information content (AvgIpc) is 2.62. The highest BCUT2D eigenvalue weighted by Gasteiger charge is 2.38. The van der Waals surface area contributed by atoms with E-state index in [1.807, 2.05) is 20.8 Å². The molecule has 1 heterocycles. The first kappa shape index (κ1) is 22.3. The lowest BCUT2D eigenvalue weighted by Gasteiger charge is -2.37. The molecule has 0 aromatic rings. The van der Waals surface area contributed by atoms with Crippen molar-refractivity contribution in [1.82, 2.24) is 10.2 Å². The largest absolute Gasteiger partial charge is 0.359 e. The normalized spacial score (nSPS) is 20.6. The number of nitrogens with one attached hydrogen (secondary N) is 1. The third-order valence-electron chi connectivity index (χ3n) is 5.19. The predicted molar refractivity (Wildman–Crippen MR) is 100 cm³/mol. The van der Waals surface area contributed by atoms with Crippen molar-refractivity contribution in [3.63, 3.8) is 0 Å². The van der Waals surface area contributed by atoms with Gasteiger partial charge in [-0.05, 0) is 19.3 Å². The number of ketones is 2. The molecule has 0 unspecified atom stereocenters. The minimum absolute atomic E-state index is 0.0115. The maximum absolute atomic E-state index is 12.5. The number of amides is 2. The van der Waals surface area contributed by atoms with E-state index >= 15 is 0 Å². The Labute approximate surface area is 157 Å². The van der Waals surface area contributed by atoms with E-state index in [0.29, 0.717) is 51.6 Å². The Morgan fingerprint density at radius 2 is 1.65 bits per heavy atom. The van der Waals surface area contributed by atoms with E-state index in [9.17, 15) is 19.2 Å². The van der Waals surface area contributed by atoms with E-state index in [1.54, 1.807) is 18.9 Å². The second-order valence-corrected chi connectivity index (χ2v) is 8.16. The van der Waals surface area contributed by atoms with Crippen LogP contribution < -0.4 is 5.32 Å². The zero-order valence-electron chi connectivity index (χ0n) is 16.9. The molecule has 148 valence electrons. The van der Waals surface area contributed by atoms with Crippen LogP contribution in [0.15, 0.2) is 0 Å². The van der Waals surface area contributed by atoms with Crippen LogP contribution in [-0.4, -0.2) is 48.4 Å². The van der Waals surface area contributed by atoms with Crippen molar-refractivity contribution in [2.45, 2.75) is 66.2 Å². The number of carbonyl (C=O) groups excluding carboxylic acids is 4. The average molecular weight is 367 g/mol. The van der Waals surface area contributed by atoms with Gasteiger partial charge in [0, 0.05) is 50.7 Å². The number of piperidine rings is 1. The van der Waals surface area contributed by atoms with Crippen molar-refractivity contribution in [2.75, 3.05) is 20.1 Å². The molecule has 1 saturated heterocycles. The summed E-state index contributed by atoms with van der Waals surface area (Å²) >= 11 is 0. The fourth-order valence-electron chi connectivity index (χ4n) is 3.36. The molecule has 2 atom stereocenters. The number of likely N-dealkylation sites (tertiary alicyclic amines) is 1. The minimum atomic E-state index is -0.417. The zero-order valence-corrected chi connectivity index (χ0v) is 16.9. The Hall–Kier alpha value is -1.72. The SMILES string of the molecule is CCC(=O)[C@H]1CN(C(=O)CCCCC(=O)C(C)(C)C)CC[C@H]1C(=O)NC. The maximum Gasteiger partial charge on any atom is 0.223 e. The van der Waals surface area contributed by atoms with Crippen LogP contribution in [0.3, 0.4) is 0 Å². The van der Waals surface area contributed by atoms with Crippen LogP contribution >= 0.6 is 0 Å². The minimum Gasteiger partial charge on any atom is -0.359 e. The van der Waals surface area contributed by atoms with E-state index in [0.717, 1.165) is 0 Å². The summed E-state index contributed by atoms with van der Waals surface area (Å²) in [5.41, 5.74) is -0.334. The lowest BCUT2D eigenvalue weighted by atomic mass is 9.81. The first-order valence-corrected chi connectivity index (χ1v) is 9.67. The molecular weight excluding hydrogens is 332 g/mol. The van der Waals surface area contributed by atoms with Crippen LogP contribution in [-0.2, 0) is 19.2 Å². The van der Waals surface area contributed by atoms with Crippen molar-refractivity contribution >= 4 is 23.4 Å². The molecule has 1 aliphatic heterocycles. The molecule has 0 aromatic heterocycles. The highest BCUT2D eigenvalue weighted by molar-refractivity contribution is 5.90. The summed E-state index contributed by atoms with van der Waals surface area (Å²) in [5, 5.41) is 2.63. The number of hydrogen-bond donors (Lipinski definition) is 1. The fourth-order valence-corrected chi connectivity index (χ4v) is 3.36. The molecule has 26 heavy (non-hydrogen) atoms. The van der Waals surface area contributed by atoms with Gasteiger partial charge in [0.25, 0.3) is 0 Å². The van der Waals surface area contributed by atoms with Gasteiger partial charge in [-0.3, -0.25) is 19.2 Å². The third-order valence-corrected chi connectivity index (χ3v) is 5.19. The fraction of sp³-hybridized carbons (Fsp3) is 0.800. The van der Waals surface area contributed by atoms with Crippen molar-refractivity contribution in [1.29, 1.82) is 0 Å². The van der Waals surface area contributed by atoms with Crippen molar-refractivity contribution < 1.29 is 19.2 Å². The molecule has 1 rings (SSSR count). The smallest absolute Gasteiger partial charge is 0.223 e. The molecule has 0 saturated carbocycles. The highest BCUT2D eigenvalue weighted by Crippen LogP contribution is 2.26. The van der Waals surface area contributed by atoms with Gasteiger partial charge in [0.05, 0.1) is 5.92 Å². The molecular formula is C20H34N2O4. The Balaban J connectivity index is 2.53. The number of nitrogens with zero attached hydrogens (tertiary/aromatic N) is 1. The summed E-state index contributed by atoms with van der Waals surface area (Å²) < 4.78 is 0. The molecule has 6 heteroatoms. The Bertz CT molecular complexity index is 536. The number of Topliss-reactive ketones (excluding diaryl/α,β-unsaturated/α-hetero) is 2. The molecule has 1 aliphatic rings. The monoisotopic (exact) mass is 366 g/mol. The van der Waals surface area contributed by atoms with Crippen LogP contribution in [0.2, 0.25) is 0 Å². The van der Waals surface area contributed by atoms with Gasteiger partial charge in [-0.25, -0.2) is 0 Å². The van der Waals surface area contributed by atoms with Gasteiger partial charge in [0.2, 0.25) is 11.8 Å². The molecule has 0 aliphatic carbocycles. The molecule has 0 spiro atoms. The third kappa shape index (κ3) is 6.22. The second-order valence-electron chi connectivity index (χ2n) is 8.16. The standard InChI is InChI=1S/C20H34N2O4/c1-6-16(23)15-13-22(12-11-14(15)19(26)21-5)18(25)10-8-7-9-17(24)20(2,3)4/h14-15H,6-13H2,1-5H3,(H,21,26)/t14-,15+/m1/s1. The van der Waals surface area contributed by atoms with E-state index in [4.69, 9.17) is 0 Å². The second kappa shape index (κ2) is 9.83. The van der Waals surface area contributed by atoms with Crippen LogP contribution in [0, 0.1) is 17.3 Å². The van der Waals surface area contributed by atoms with Gasteiger partial charge in [-0.1, -0.05) is 27.7 Å². The summed E-state index contributed by atoms with van der Waals surface area (Å²) in [6, 6.07) is 0. The van der Waals surface area contributed by atoms with E-state index in [2.05, 4.69) is 5.32 Å². The predicted octanol–water partition coefficient (Wildman–Crippen LogP) is 2.35. The maximum atomic E-state index is 12.5. The van der Waals surface area contributed by atoms with Crippen LogP contribution in [0.25, 0.3) is 0 Å². The summed E-state index contributed by atoms with van der Waals surface area (Å²) in [6.45, 7) is 8.33. The molecule has 0 aromatic carbocycles. The Morgan fingerprint density at radius 1 is 1.04 bits per heavy atom. The zero-order chi connectivity index (χ0) is 19.9. The summed E-state index contributed by atoms with van der Waals surface area (Å²) in [4.78, 5) is 50.4. The van der Waals surface area contributed by atoms with E-state index in [1.165, 1.54) is 0 Å². The van der Waals surface area contributed by atoms with Gasteiger partial charge >= 0.3 is 0 Å². The van der Waals surface area contributed by atoms with Gasteiger partial charge in [0.15, 0.2) is 0 Å². The summed E-state index contributed by atoms with van der Waals surface area (Å²) in [6.07, 6.45) is 3.14. The number of carbonyl (C=O) groups is 4. The molecule has 1 N–H and O–H groups in total. The summed E-state index contributed by atoms with van der Waals surface area (Å²) in [7, 11) is 1.58. The van der Waals surface area contributed by atoms with Crippen molar-refractivity contribution in [3.8, 4) is 0 Å². The summed E-state index contributed by atoms with van der Waals surface area (Å²) in [5.74, 6) is -0.625. The van der Waals surface area contributed by atoms with Crippen molar-refractivity contribution in [2.24, 2.45) is 17.3 Å². The quantitative estimate of drug-likeness (QED) is 0.669. The van der Waals surface area contributed by atoms with Crippen LogP contribution in [0.1, 0.15) is 66.2 Å². The molecule has 0 bridgehead atoms. The first-order valence-electron chi connectivity index (χ1n) is 9.67. The number of unbranched alkanes of at least 4 members (excludes halogenated alkanes) is 1. The lowest BCUT2D eigenvalue weighted by molar-refractivity contribution is -0.142.